The summed E-state index contributed by atoms with van der Waals surface area (Å²) in [4.78, 5) is 18.5. The summed E-state index contributed by atoms with van der Waals surface area (Å²) in [5.41, 5.74) is 2.47. The van der Waals surface area contributed by atoms with E-state index < -0.39 is 0 Å². The summed E-state index contributed by atoms with van der Waals surface area (Å²) in [5, 5.41) is 0.899. The molecule has 1 saturated heterocycles. The van der Waals surface area contributed by atoms with E-state index in [2.05, 4.69) is 33.2 Å². The minimum absolute atomic E-state index is 0.658. The number of piperazine rings is 1. The molecule has 1 aliphatic carbocycles. The molecule has 2 aliphatic rings. The van der Waals surface area contributed by atoms with Crippen molar-refractivity contribution in [2.24, 2.45) is 0 Å². The monoisotopic (exact) mass is 371 g/mol. The second-order valence-electron chi connectivity index (χ2n) is 6.88. The van der Waals surface area contributed by atoms with Crippen LogP contribution in [0.4, 0.5) is 5.82 Å². The zero-order valence-corrected chi connectivity index (χ0v) is 16.2. The van der Waals surface area contributed by atoms with Gasteiger partial charge in [-0.3, -0.25) is 4.90 Å². The van der Waals surface area contributed by atoms with Gasteiger partial charge in [0.05, 0.1) is 12.8 Å². The molecule has 1 saturated carbocycles. The molecule has 0 unspecified atom stereocenters. The molecule has 7 heteroatoms. The number of hydrogen-bond donors (Lipinski definition) is 0. The number of nitrogens with zero attached hydrogens (tertiary/aromatic N) is 5. The highest BCUT2D eigenvalue weighted by molar-refractivity contribution is 7.98. The van der Waals surface area contributed by atoms with Crippen LogP contribution in [0.5, 0.6) is 5.88 Å². The Hall–Kier alpha value is -1.86. The van der Waals surface area contributed by atoms with Crippen molar-refractivity contribution < 1.29 is 4.74 Å². The van der Waals surface area contributed by atoms with Gasteiger partial charge in [-0.25, -0.2) is 15.0 Å². The van der Waals surface area contributed by atoms with Gasteiger partial charge in [0.2, 0.25) is 5.88 Å². The minimum atomic E-state index is 0.658. The highest BCUT2D eigenvalue weighted by Crippen LogP contribution is 2.40. The quantitative estimate of drug-likeness (QED) is 0.572. The molecule has 2 aromatic heterocycles. The van der Waals surface area contributed by atoms with Crippen LogP contribution in [0.1, 0.15) is 30.0 Å². The number of pyridine rings is 1. The van der Waals surface area contributed by atoms with E-state index in [4.69, 9.17) is 14.7 Å². The lowest BCUT2D eigenvalue weighted by atomic mass is 10.2. The number of hydrogen-bond acceptors (Lipinski definition) is 7. The van der Waals surface area contributed by atoms with Crippen molar-refractivity contribution in [3.63, 3.8) is 0 Å². The highest BCUT2D eigenvalue weighted by Gasteiger charge is 2.27. The SMILES string of the molecule is COc1cc(CN2CCN(c3cc(C4CC4)nc(SC)n3)CC2)ccn1. The number of ether oxygens (including phenoxy) is 1. The molecule has 2 aromatic rings. The summed E-state index contributed by atoms with van der Waals surface area (Å²) in [5.74, 6) is 2.43. The second-order valence-corrected chi connectivity index (χ2v) is 7.66. The molecular weight excluding hydrogens is 346 g/mol. The van der Waals surface area contributed by atoms with Crippen LogP contribution < -0.4 is 9.64 Å². The highest BCUT2D eigenvalue weighted by atomic mass is 32.2. The standard InChI is InChI=1S/C19H25N5OS/c1-25-18-11-14(5-6-20-18)13-23-7-9-24(10-8-23)17-12-16(15-3-4-15)21-19(22-17)26-2/h5-6,11-12,15H,3-4,7-10,13H2,1-2H3. The van der Waals surface area contributed by atoms with Crippen molar-refractivity contribution in [2.45, 2.75) is 30.5 Å². The average Bonchev–Trinajstić information content (AvgIpc) is 3.54. The van der Waals surface area contributed by atoms with E-state index in [0.29, 0.717) is 11.8 Å². The maximum atomic E-state index is 5.22. The smallest absolute Gasteiger partial charge is 0.213 e. The van der Waals surface area contributed by atoms with Gasteiger partial charge in [0.1, 0.15) is 5.82 Å². The lowest BCUT2D eigenvalue weighted by Gasteiger charge is -2.35. The number of thioether (sulfide) groups is 1. The zero-order chi connectivity index (χ0) is 17.9. The third-order valence-electron chi connectivity index (χ3n) is 5.00. The molecule has 0 atom stereocenters. The van der Waals surface area contributed by atoms with Crippen molar-refractivity contribution in [3.8, 4) is 5.88 Å². The fraction of sp³-hybridized carbons (Fsp3) is 0.526. The molecule has 0 radical (unpaired) electrons. The molecule has 3 heterocycles. The first kappa shape index (κ1) is 17.5. The molecular formula is C19H25N5OS. The first-order chi connectivity index (χ1) is 12.7. The third-order valence-corrected chi connectivity index (χ3v) is 5.55. The summed E-state index contributed by atoms with van der Waals surface area (Å²) in [6.07, 6.45) is 6.41. The molecule has 138 valence electrons. The summed E-state index contributed by atoms with van der Waals surface area (Å²) in [6.45, 7) is 4.98. The molecule has 6 nitrogen and oxygen atoms in total. The summed E-state index contributed by atoms with van der Waals surface area (Å²) in [7, 11) is 1.66. The fourth-order valence-electron chi connectivity index (χ4n) is 3.33. The maximum Gasteiger partial charge on any atom is 0.213 e. The van der Waals surface area contributed by atoms with Crippen LogP contribution in [0.25, 0.3) is 0 Å². The van der Waals surface area contributed by atoms with Crippen LogP contribution in [0, 0.1) is 0 Å². The van der Waals surface area contributed by atoms with E-state index in [0.717, 1.165) is 43.7 Å². The average molecular weight is 372 g/mol. The van der Waals surface area contributed by atoms with Gasteiger partial charge in [-0.1, -0.05) is 11.8 Å². The van der Waals surface area contributed by atoms with Gasteiger partial charge in [0.25, 0.3) is 0 Å². The van der Waals surface area contributed by atoms with E-state index in [1.54, 1.807) is 18.9 Å². The van der Waals surface area contributed by atoms with Crippen molar-refractivity contribution in [3.05, 3.63) is 35.7 Å². The molecule has 26 heavy (non-hydrogen) atoms. The van der Waals surface area contributed by atoms with Gasteiger partial charge in [0, 0.05) is 57.0 Å². The molecule has 0 aromatic carbocycles. The number of methoxy groups -OCH3 is 1. The van der Waals surface area contributed by atoms with Crippen molar-refractivity contribution in [1.29, 1.82) is 0 Å². The normalized spacial score (nSPS) is 18.2. The van der Waals surface area contributed by atoms with Gasteiger partial charge >= 0.3 is 0 Å². The van der Waals surface area contributed by atoms with Crippen molar-refractivity contribution >= 4 is 17.6 Å². The van der Waals surface area contributed by atoms with E-state index in [9.17, 15) is 0 Å². The molecule has 1 aliphatic heterocycles. The molecule has 0 N–H and O–H groups in total. The van der Waals surface area contributed by atoms with Gasteiger partial charge < -0.3 is 9.64 Å². The Balaban J connectivity index is 1.39. The Bertz CT molecular complexity index is 759. The zero-order valence-electron chi connectivity index (χ0n) is 15.4. The number of rotatable bonds is 6. The van der Waals surface area contributed by atoms with Gasteiger partial charge in [-0.15, -0.1) is 0 Å². The Labute approximate surface area is 159 Å². The van der Waals surface area contributed by atoms with Gasteiger partial charge in [-0.05, 0) is 30.7 Å². The minimum Gasteiger partial charge on any atom is -0.481 e. The van der Waals surface area contributed by atoms with E-state index in [-0.39, 0.29) is 0 Å². The number of aromatic nitrogens is 3. The molecule has 4 rings (SSSR count). The van der Waals surface area contributed by atoms with Crippen LogP contribution in [0.2, 0.25) is 0 Å². The predicted molar refractivity (Wildman–Crippen MR) is 104 cm³/mol. The Morgan fingerprint density at radius 2 is 1.96 bits per heavy atom. The predicted octanol–water partition coefficient (Wildman–Crippen LogP) is 2.80. The van der Waals surface area contributed by atoms with E-state index in [1.807, 2.05) is 12.3 Å². The third kappa shape index (κ3) is 4.10. The van der Waals surface area contributed by atoms with Crippen LogP contribution in [-0.2, 0) is 6.54 Å². The second kappa shape index (κ2) is 7.80. The summed E-state index contributed by atoms with van der Waals surface area (Å²) < 4.78 is 5.22. The molecule has 0 amide bonds. The van der Waals surface area contributed by atoms with Crippen LogP contribution >= 0.6 is 11.8 Å². The number of anilines is 1. The van der Waals surface area contributed by atoms with Gasteiger partial charge in [0.15, 0.2) is 5.16 Å². The fourth-order valence-corrected chi connectivity index (χ4v) is 3.71. The maximum absolute atomic E-state index is 5.22. The summed E-state index contributed by atoms with van der Waals surface area (Å²) in [6, 6.07) is 6.29. The Kier molecular flexibility index (Phi) is 5.26. The Morgan fingerprint density at radius 1 is 1.15 bits per heavy atom. The first-order valence-corrected chi connectivity index (χ1v) is 10.4. The molecule has 0 bridgehead atoms. The Morgan fingerprint density at radius 3 is 2.65 bits per heavy atom. The lowest BCUT2D eigenvalue weighted by molar-refractivity contribution is 0.248. The first-order valence-electron chi connectivity index (χ1n) is 9.14. The molecule has 0 spiro atoms. The van der Waals surface area contributed by atoms with Crippen LogP contribution in [0.15, 0.2) is 29.6 Å². The van der Waals surface area contributed by atoms with Crippen LogP contribution in [0.3, 0.4) is 0 Å². The van der Waals surface area contributed by atoms with Crippen molar-refractivity contribution in [1.82, 2.24) is 19.9 Å². The van der Waals surface area contributed by atoms with Crippen molar-refractivity contribution in [2.75, 3.05) is 44.4 Å². The van der Waals surface area contributed by atoms with E-state index >= 15 is 0 Å². The molecule has 2 fully saturated rings. The van der Waals surface area contributed by atoms with Gasteiger partial charge in [-0.2, -0.15) is 0 Å². The largest absolute Gasteiger partial charge is 0.481 e. The lowest BCUT2D eigenvalue weighted by Crippen LogP contribution is -2.46. The summed E-state index contributed by atoms with van der Waals surface area (Å²) >= 11 is 1.64. The van der Waals surface area contributed by atoms with E-state index in [1.165, 1.54) is 24.1 Å². The topological polar surface area (TPSA) is 54.4 Å². The van der Waals surface area contributed by atoms with Crippen LogP contribution in [-0.4, -0.2) is 59.4 Å².